The standard InChI is InChI=1S/C28H33NO2.BrH/c1-31-27-17-10-16-25(19-27)28(30)18-9-8-15-26(28)22-29(20-23-11-4-2-5-12-23)21-24-13-6-3-7-14-24;/h2-7,10-14,16-17,19,26,30H,8-9,15,18,20-22H2,1H3;1H/t26-,28+;/m1./s1. The summed E-state index contributed by atoms with van der Waals surface area (Å²) in [5.41, 5.74) is 2.77. The minimum atomic E-state index is -0.821. The lowest BCUT2D eigenvalue weighted by Crippen LogP contribution is -2.44. The highest BCUT2D eigenvalue weighted by Gasteiger charge is 2.41. The van der Waals surface area contributed by atoms with Gasteiger partial charge >= 0.3 is 0 Å². The number of methoxy groups -OCH3 is 1. The molecule has 0 unspecified atom stereocenters. The zero-order valence-corrected chi connectivity index (χ0v) is 20.5. The molecule has 1 N–H and O–H groups in total. The van der Waals surface area contributed by atoms with Crippen LogP contribution in [-0.4, -0.2) is 23.7 Å². The Bertz CT molecular complexity index is 908. The normalized spacial score (nSPS) is 20.5. The van der Waals surface area contributed by atoms with Gasteiger partial charge in [0.25, 0.3) is 0 Å². The summed E-state index contributed by atoms with van der Waals surface area (Å²) in [7, 11) is 1.68. The summed E-state index contributed by atoms with van der Waals surface area (Å²) < 4.78 is 5.44. The van der Waals surface area contributed by atoms with Gasteiger partial charge in [0.2, 0.25) is 0 Å². The summed E-state index contributed by atoms with van der Waals surface area (Å²) in [6.07, 6.45) is 4.06. The molecule has 3 nitrogen and oxygen atoms in total. The summed E-state index contributed by atoms with van der Waals surface area (Å²) in [6, 6.07) is 29.3. The molecule has 4 heteroatoms. The first-order chi connectivity index (χ1) is 15.2. The number of nitrogens with zero attached hydrogens (tertiary/aromatic N) is 1. The van der Waals surface area contributed by atoms with Crippen molar-refractivity contribution in [3.63, 3.8) is 0 Å². The van der Waals surface area contributed by atoms with Crippen LogP contribution in [0.4, 0.5) is 0 Å². The largest absolute Gasteiger partial charge is 0.497 e. The highest BCUT2D eigenvalue weighted by molar-refractivity contribution is 8.93. The van der Waals surface area contributed by atoms with Gasteiger partial charge in [0.15, 0.2) is 0 Å². The average molecular weight is 496 g/mol. The molecule has 2 atom stereocenters. The maximum absolute atomic E-state index is 11.9. The van der Waals surface area contributed by atoms with Crippen LogP contribution in [0.25, 0.3) is 0 Å². The van der Waals surface area contributed by atoms with Crippen molar-refractivity contribution in [1.82, 2.24) is 4.90 Å². The molecule has 1 aliphatic rings. The van der Waals surface area contributed by atoms with Gasteiger partial charge in [0, 0.05) is 25.6 Å². The van der Waals surface area contributed by atoms with Crippen LogP contribution < -0.4 is 4.74 Å². The van der Waals surface area contributed by atoms with Crippen LogP contribution in [-0.2, 0) is 18.7 Å². The number of hydrogen-bond donors (Lipinski definition) is 1. The van der Waals surface area contributed by atoms with Gasteiger partial charge in [0.05, 0.1) is 12.7 Å². The van der Waals surface area contributed by atoms with E-state index < -0.39 is 5.60 Å². The van der Waals surface area contributed by atoms with Crippen molar-refractivity contribution in [2.24, 2.45) is 5.92 Å². The highest BCUT2D eigenvalue weighted by atomic mass is 79.9. The molecule has 1 saturated carbocycles. The lowest BCUT2D eigenvalue weighted by molar-refractivity contribution is -0.0674. The fraction of sp³-hybridized carbons (Fsp3) is 0.357. The quantitative estimate of drug-likeness (QED) is 0.394. The number of benzene rings is 3. The Kier molecular flexibility index (Phi) is 8.92. The third kappa shape index (κ3) is 6.00. The van der Waals surface area contributed by atoms with Gasteiger partial charge < -0.3 is 9.84 Å². The predicted octanol–water partition coefficient (Wildman–Crippen LogP) is 6.35. The van der Waals surface area contributed by atoms with Gasteiger partial charge in [-0.05, 0) is 41.7 Å². The maximum atomic E-state index is 11.9. The molecule has 1 aliphatic carbocycles. The molecule has 0 heterocycles. The Hall–Kier alpha value is -2.14. The van der Waals surface area contributed by atoms with Crippen molar-refractivity contribution >= 4 is 17.0 Å². The number of ether oxygens (including phenoxy) is 1. The Labute approximate surface area is 202 Å². The Morgan fingerprint density at radius 1 is 0.875 bits per heavy atom. The minimum absolute atomic E-state index is 0. The third-order valence-corrected chi connectivity index (χ3v) is 6.58. The van der Waals surface area contributed by atoms with Crippen molar-refractivity contribution in [1.29, 1.82) is 0 Å². The highest BCUT2D eigenvalue weighted by Crippen LogP contribution is 2.43. The molecule has 0 radical (unpaired) electrons. The molecule has 1 fully saturated rings. The second-order valence-electron chi connectivity index (χ2n) is 8.74. The Balaban J connectivity index is 0.00000289. The molecule has 0 aliphatic heterocycles. The summed E-state index contributed by atoms with van der Waals surface area (Å²) in [5, 5.41) is 11.9. The zero-order valence-electron chi connectivity index (χ0n) is 18.8. The van der Waals surface area contributed by atoms with Gasteiger partial charge in [-0.15, -0.1) is 17.0 Å². The van der Waals surface area contributed by atoms with Crippen LogP contribution in [0.5, 0.6) is 5.75 Å². The molecule has 3 aromatic rings. The second-order valence-corrected chi connectivity index (χ2v) is 8.74. The zero-order chi connectivity index (χ0) is 21.5. The average Bonchev–Trinajstić information content (AvgIpc) is 2.82. The van der Waals surface area contributed by atoms with E-state index in [1.165, 1.54) is 17.5 Å². The predicted molar refractivity (Wildman–Crippen MR) is 136 cm³/mol. The molecule has 3 aromatic carbocycles. The van der Waals surface area contributed by atoms with E-state index in [0.717, 1.165) is 50.2 Å². The van der Waals surface area contributed by atoms with Crippen LogP contribution in [0.2, 0.25) is 0 Å². The number of hydrogen-bond acceptors (Lipinski definition) is 3. The van der Waals surface area contributed by atoms with Gasteiger partial charge in [0.1, 0.15) is 5.75 Å². The summed E-state index contributed by atoms with van der Waals surface area (Å²) in [6.45, 7) is 2.61. The van der Waals surface area contributed by atoms with Crippen molar-refractivity contribution < 1.29 is 9.84 Å². The number of rotatable bonds is 8. The van der Waals surface area contributed by atoms with Crippen molar-refractivity contribution in [2.75, 3.05) is 13.7 Å². The van der Waals surface area contributed by atoms with E-state index in [-0.39, 0.29) is 22.9 Å². The van der Waals surface area contributed by atoms with Gasteiger partial charge in [-0.3, -0.25) is 4.90 Å². The lowest BCUT2D eigenvalue weighted by atomic mass is 9.71. The van der Waals surface area contributed by atoms with Crippen LogP contribution >= 0.6 is 17.0 Å². The maximum Gasteiger partial charge on any atom is 0.119 e. The first-order valence-corrected chi connectivity index (χ1v) is 11.3. The Morgan fingerprint density at radius 2 is 1.50 bits per heavy atom. The van der Waals surface area contributed by atoms with Crippen LogP contribution in [0.3, 0.4) is 0 Å². The lowest BCUT2D eigenvalue weighted by Gasteiger charge is -2.43. The van der Waals surface area contributed by atoms with Crippen molar-refractivity contribution in [2.45, 2.75) is 44.4 Å². The first kappa shape index (κ1) is 24.5. The van der Waals surface area contributed by atoms with E-state index in [1.807, 2.05) is 18.2 Å². The molecular formula is C28H34BrNO2. The molecule has 0 spiro atoms. The summed E-state index contributed by atoms with van der Waals surface area (Å²) in [4.78, 5) is 2.49. The van der Waals surface area contributed by atoms with E-state index in [0.29, 0.717) is 0 Å². The van der Waals surface area contributed by atoms with Crippen molar-refractivity contribution in [3.8, 4) is 5.75 Å². The minimum Gasteiger partial charge on any atom is -0.497 e. The fourth-order valence-corrected chi connectivity index (χ4v) is 4.92. The smallest absolute Gasteiger partial charge is 0.119 e. The second kappa shape index (κ2) is 11.6. The fourth-order valence-electron chi connectivity index (χ4n) is 4.92. The van der Waals surface area contributed by atoms with E-state index in [4.69, 9.17) is 4.74 Å². The molecule has 170 valence electrons. The summed E-state index contributed by atoms with van der Waals surface area (Å²) in [5.74, 6) is 0.987. The van der Waals surface area contributed by atoms with Crippen LogP contribution in [0, 0.1) is 5.92 Å². The molecule has 0 bridgehead atoms. The third-order valence-electron chi connectivity index (χ3n) is 6.58. The molecule has 0 saturated heterocycles. The van der Waals surface area contributed by atoms with Crippen LogP contribution in [0.1, 0.15) is 42.4 Å². The molecule has 0 amide bonds. The Morgan fingerprint density at radius 3 is 2.09 bits per heavy atom. The van der Waals surface area contributed by atoms with E-state index >= 15 is 0 Å². The van der Waals surface area contributed by atoms with Crippen LogP contribution in [0.15, 0.2) is 84.9 Å². The van der Waals surface area contributed by atoms with E-state index in [2.05, 4.69) is 71.6 Å². The SMILES string of the molecule is Br.COc1cccc([C@@]2(O)CCCC[C@@H]2CN(Cc2ccccc2)Cc2ccccc2)c1. The van der Waals surface area contributed by atoms with E-state index in [1.54, 1.807) is 7.11 Å². The number of halogens is 1. The number of aliphatic hydroxyl groups is 1. The molecule has 4 rings (SSSR count). The van der Waals surface area contributed by atoms with E-state index in [9.17, 15) is 5.11 Å². The van der Waals surface area contributed by atoms with Gasteiger partial charge in [-0.25, -0.2) is 0 Å². The summed E-state index contributed by atoms with van der Waals surface area (Å²) >= 11 is 0. The monoisotopic (exact) mass is 495 g/mol. The first-order valence-electron chi connectivity index (χ1n) is 11.3. The topological polar surface area (TPSA) is 32.7 Å². The van der Waals surface area contributed by atoms with Gasteiger partial charge in [-0.2, -0.15) is 0 Å². The van der Waals surface area contributed by atoms with Crippen molar-refractivity contribution in [3.05, 3.63) is 102 Å². The molecule has 0 aromatic heterocycles. The molecule has 32 heavy (non-hydrogen) atoms. The molecular weight excluding hydrogens is 462 g/mol. The van der Waals surface area contributed by atoms with Gasteiger partial charge in [-0.1, -0.05) is 85.6 Å².